The topological polar surface area (TPSA) is 110 Å². The first-order valence-electron chi connectivity index (χ1n) is 7.82. The Morgan fingerprint density at radius 1 is 1.12 bits per heavy atom. The van der Waals surface area contributed by atoms with Crippen LogP contribution in [0.2, 0.25) is 0 Å². The van der Waals surface area contributed by atoms with Gasteiger partial charge in [0.1, 0.15) is 22.7 Å². The lowest BCUT2D eigenvalue weighted by molar-refractivity contribution is -0.140. The van der Waals surface area contributed by atoms with E-state index in [1.54, 1.807) is 18.2 Å². The molecule has 2 rings (SSSR count). The maximum Gasteiger partial charge on any atom is 0.329 e. The van der Waals surface area contributed by atoms with Gasteiger partial charge in [0.15, 0.2) is 6.04 Å². The van der Waals surface area contributed by atoms with Crippen LogP contribution in [0.15, 0.2) is 53.4 Å². The van der Waals surface area contributed by atoms with Crippen molar-refractivity contribution in [2.75, 3.05) is 0 Å². The zero-order valence-electron chi connectivity index (χ0n) is 14.2. The van der Waals surface area contributed by atoms with Gasteiger partial charge >= 0.3 is 5.97 Å². The molecule has 138 valence electrons. The number of carbonyl (C=O) groups is 2. The number of benzene rings is 2. The Morgan fingerprint density at radius 3 is 2.27 bits per heavy atom. The average Bonchev–Trinajstić information content (AvgIpc) is 2.60. The van der Waals surface area contributed by atoms with E-state index in [0.717, 1.165) is 5.56 Å². The summed E-state index contributed by atoms with van der Waals surface area (Å²) in [6.07, 6.45) is 0.00793. The Labute approximate surface area is 151 Å². The predicted octanol–water partition coefficient (Wildman–Crippen LogP) is 2.53. The molecule has 0 saturated carbocycles. The van der Waals surface area contributed by atoms with E-state index in [-0.39, 0.29) is 16.9 Å². The number of nitrogens with one attached hydrogen (secondary N) is 1. The molecule has 1 atom stereocenters. The molecule has 0 aliphatic carbocycles. The number of hydrogen-bond acceptors (Lipinski definition) is 5. The number of hydrogen-bond donors (Lipinski definition) is 2. The molecule has 2 N–H and O–H groups in total. The molecule has 0 aliphatic heterocycles. The van der Waals surface area contributed by atoms with Crippen molar-refractivity contribution in [1.29, 1.82) is 0 Å². The highest BCUT2D eigenvalue weighted by Crippen LogP contribution is 2.29. The maximum absolute atomic E-state index is 12.4. The van der Waals surface area contributed by atoms with E-state index in [1.807, 2.05) is 16.9 Å². The van der Waals surface area contributed by atoms with Crippen LogP contribution in [-0.2, 0) is 19.6 Å². The summed E-state index contributed by atoms with van der Waals surface area (Å²) >= 11 is 0. The molecule has 0 fully saturated rings. The molecule has 0 heterocycles. The zero-order chi connectivity index (χ0) is 19.3. The van der Waals surface area contributed by atoms with Gasteiger partial charge in [0.05, 0.1) is 0 Å². The fourth-order valence-corrected chi connectivity index (χ4v) is 3.42. The second kappa shape index (κ2) is 8.11. The first-order valence-corrected chi connectivity index (χ1v) is 9.30. The second-order valence-electron chi connectivity index (χ2n) is 5.85. The van der Waals surface area contributed by atoms with Crippen molar-refractivity contribution in [3.05, 3.63) is 54.1 Å². The van der Waals surface area contributed by atoms with Crippen LogP contribution < -0.4 is 9.46 Å². The quantitative estimate of drug-likeness (QED) is 0.540. The standard InChI is InChI=1S/C18H19NO6S/c1-12(2)13-7-9-14(10-8-13)25-16-5-3-4-6-17(16)26(23,24)19-15(11-20)18(21)22/h3-12,15,19H,1-2H3,(H,21,22)/t15-/m1/s1. The minimum absolute atomic E-state index is 0.00793. The fourth-order valence-electron chi connectivity index (χ4n) is 2.17. The summed E-state index contributed by atoms with van der Waals surface area (Å²) in [7, 11) is -4.28. The Kier molecular flexibility index (Phi) is 6.12. The Hall–Kier alpha value is -2.71. The van der Waals surface area contributed by atoms with E-state index >= 15 is 0 Å². The number of sulfonamides is 1. The molecule has 0 aromatic heterocycles. The van der Waals surface area contributed by atoms with E-state index in [1.165, 1.54) is 18.2 Å². The molecule has 7 nitrogen and oxygen atoms in total. The van der Waals surface area contributed by atoms with Gasteiger partial charge in [-0.05, 0) is 35.7 Å². The molecule has 0 radical (unpaired) electrons. The third kappa shape index (κ3) is 4.68. The first kappa shape index (κ1) is 19.6. The second-order valence-corrected chi connectivity index (χ2v) is 7.53. The van der Waals surface area contributed by atoms with Gasteiger partial charge in [-0.2, -0.15) is 4.72 Å². The number of aliphatic carboxylic acids is 1. The van der Waals surface area contributed by atoms with Crippen molar-refractivity contribution in [2.45, 2.75) is 30.7 Å². The third-order valence-corrected chi connectivity index (χ3v) is 5.08. The number of carboxylic acid groups (broad SMARTS) is 1. The van der Waals surface area contributed by atoms with Crippen LogP contribution in [0, 0.1) is 0 Å². The van der Waals surface area contributed by atoms with Crippen LogP contribution in [0.1, 0.15) is 25.3 Å². The van der Waals surface area contributed by atoms with Gasteiger partial charge in [-0.3, -0.25) is 4.79 Å². The van der Waals surface area contributed by atoms with Crippen LogP contribution >= 0.6 is 0 Å². The molecule has 26 heavy (non-hydrogen) atoms. The minimum atomic E-state index is -4.28. The molecule has 0 unspecified atom stereocenters. The summed E-state index contributed by atoms with van der Waals surface area (Å²) in [6.45, 7) is 4.10. The summed E-state index contributed by atoms with van der Waals surface area (Å²) in [5.41, 5.74) is 1.11. The Bertz CT molecular complexity index is 890. The van der Waals surface area contributed by atoms with E-state index < -0.39 is 22.0 Å². The van der Waals surface area contributed by atoms with Crippen molar-refractivity contribution < 1.29 is 27.9 Å². The van der Waals surface area contributed by atoms with Crippen molar-refractivity contribution in [3.8, 4) is 11.5 Å². The first-order chi connectivity index (χ1) is 12.2. The molecule has 2 aromatic rings. The smallest absolute Gasteiger partial charge is 0.329 e. The zero-order valence-corrected chi connectivity index (χ0v) is 15.1. The fraction of sp³-hybridized carbons (Fsp3) is 0.222. The van der Waals surface area contributed by atoms with Crippen LogP contribution in [0.25, 0.3) is 0 Å². The largest absolute Gasteiger partial charge is 0.480 e. The highest BCUT2D eigenvalue weighted by atomic mass is 32.2. The SMILES string of the molecule is CC(C)c1ccc(Oc2ccccc2S(=O)(=O)N[C@H](C=O)C(=O)O)cc1. The van der Waals surface area contributed by atoms with E-state index in [9.17, 15) is 18.0 Å². The van der Waals surface area contributed by atoms with E-state index in [4.69, 9.17) is 9.84 Å². The highest BCUT2D eigenvalue weighted by Gasteiger charge is 2.27. The van der Waals surface area contributed by atoms with Crippen LogP contribution in [0.5, 0.6) is 11.5 Å². The number of ether oxygens (including phenoxy) is 1. The summed E-state index contributed by atoms with van der Waals surface area (Å²) in [4.78, 5) is 21.4. The van der Waals surface area contributed by atoms with Gasteiger partial charge in [0.25, 0.3) is 0 Å². The maximum atomic E-state index is 12.4. The molecular weight excluding hydrogens is 358 g/mol. The van der Waals surface area contributed by atoms with Gasteiger partial charge in [-0.25, -0.2) is 8.42 Å². The lowest BCUT2D eigenvalue weighted by Gasteiger charge is -2.14. The number of rotatable bonds is 8. The summed E-state index contributed by atoms with van der Waals surface area (Å²) < 4.78 is 32.4. The number of carbonyl (C=O) groups excluding carboxylic acids is 1. The summed E-state index contributed by atoms with van der Waals surface area (Å²) in [5, 5.41) is 8.87. The molecule has 2 aromatic carbocycles. The number of para-hydroxylation sites is 1. The molecular formula is C18H19NO6S. The molecule has 8 heteroatoms. The molecule has 0 bridgehead atoms. The number of aldehydes is 1. The van der Waals surface area contributed by atoms with Gasteiger partial charge in [0, 0.05) is 0 Å². The van der Waals surface area contributed by atoms with Crippen molar-refractivity contribution in [1.82, 2.24) is 4.72 Å². The predicted molar refractivity (Wildman–Crippen MR) is 94.9 cm³/mol. The van der Waals surface area contributed by atoms with Gasteiger partial charge < -0.3 is 14.6 Å². The van der Waals surface area contributed by atoms with Crippen molar-refractivity contribution in [3.63, 3.8) is 0 Å². The van der Waals surface area contributed by atoms with E-state index in [0.29, 0.717) is 11.7 Å². The van der Waals surface area contributed by atoms with Crippen LogP contribution in [0.4, 0.5) is 0 Å². The van der Waals surface area contributed by atoms with Gasteiger partial charge in [-0.1, -0.05) is 38.1 Å². The lowest BCUT2D eigenvalue weighted by Crippen LogP contribution is -2.41. The highest BCUT2D eigenvalue weighted by molar-refractivity contribution is 7.89. The normalized spacial score (nSPS) is 12.6. The molecule has 0 amide bonds. The van der Waals surface area contributed by atoms with Crippen molar-refractivity contribution >= 4 is 22.3 Å². The van der Waals surface area contributed by atoms with Crippen LogP contribution in [0.3, 0.4) is 0 Å². The molecule has 0 saturated heterocycles. The van der Waals surface area contributed by atoms with Crippen molar-refractivity contribution in [2.24, 2.45) is 0 Å². The van der Waals surface area contributed by atoms with Gasteiger partial charge in [0.2, 0.25) is 10.0 Å². The Morgan fingerprint density at radius 2 is 1.73 bits per heavy atom. The third-order valence-electron chi connectivity index (χ3n) is 3.60. The number of carboxylic acids is 1. The average molecular weight is 377 g/mol. The minimum Gasteiger partial charge on any atom is -0.480 e. The van der Waals surface area contributed by atoms with E-state index in [2.05, 4.69) is 13.8 Å². The molecule has 0 spiro atoms. The summed E-state index contributed by atoms with van der Waals surface area (Å²) in [6, 6.07) is 11.1. The lowest BCUT2D eigenvalue weighted by atomic mass is 10.0. The Balaban J connectivity index is 2.32. The summed E-state index contributed by atoms with van der Waals surface area (Å²) in [5.74, 6) is -0.794. The van der Waals surface area contributed by atoms with Crippen LogP contribution in [-0.4, -0.2) is 31.8 Å². The van der Waals surface area contributed by atoms with Gasteiger partial charge in [-0.15, -0.1) is 0 Å². The molecule has 0 aliphatic rings. The monoisotopic (exact) mass is 377 g/mol.